The summed E-state index contributed by atoms with van der Waals surface area (Å²) in [7, 11) is 1.99. The summed E-state index contributed by atoms with van der Waals surface area (Å²) < 4.78 is 0. The van der Waals surface area contributed by atoms with Crippen LogP contribution in [-0.4, -0.2) is 55.1 Å². The molecule has 0 radical (unpaired) electrons. The largest absolute Gasteiger partial charge is 0.357 e. The number of carbonyl (C=O) groups excluding carboxylic acids is 1. The summed E-state index contributed by atoms with van der Waals surface area (Å²) >= 11 is 0. The van der Waals surface area contributed by atoms with Crippen molar-refractivity contribution in [2.24, 2.45) is 5.92 Å². The minimum atomic E-state index is 0. The fraction of sp³-hybridized carbons (Fsp3) is 0.667. The van der Waals surface area contributed by atoms with Crippen LogP contribution in [0.5, 0.6) is 0 Å². The van der Waals surface area contributed by atoms with Crippen molar-refractivity contribution in [3.8, 4) is 0 Å². The quantitative estimate of drug-likeness (QED) is 0.864. The number of rotatable bonds is 3. The number of nitrogens with zero attached hydrogens (tertiary/aromatic N) is 3. The van der Waals surface area contributed by atoms with Gasteiger partial charge in [0.05, 0.1) is 5.56 Å². The van der Waals surface area contributed by atoms with Crippen LogP contribution < -0.4 is 10.2 Å². The fourth-order valence-electron chi connectivity index (χ4n) is 3.49. The summed E-state index contributed by atoms with van der Waals surface area (Å²) in [5.74, 6) is 1.93. The summed E-state index contributed by atoms with van der Waals surface area (Å²) in [6.45, 7) is 6.11. The van der Waals surface area contributed by atoms with E-state index in [1.54, 1.807) is 6.20 Å². The van der Waals surface area contributed by atoms with Crippen LogP contribution >= 0.6 is 24.8 Å². The highest BCUT2D eigenvalue weighted by Gasteiger charge is 2.23. The molecule has 1 aromatic rings. The number of likely N-dealkylation sites (tertiary alicyclic amines) is 1. The molecule has 5 nitrogen and oxygen atoms in total. The molecule has 142 valence electrons. The summed E-state index contributed by atoms with van der Waals surface area (Å²) in [5.41, 5.74) is 0.710. The zero-order valence-electron chi connectivity index (χ0n) is 15.1. The van der Waals surface area contributed by atoms with Gasteiger partial charge in [0.25, 0.3) is 5.91 Å². The van der Waals surface area contributed by atoms with Crippen LogP contribution in [0.2, 0.25) is 0 Å². The summed E-state index contributed by atoms with van der Waals surface area (Å²) in [5, 5.41) is 3.29. The van der Waals surface area contributed by atoms with E-state index in [1.165, 1.54) is 12.8 Å². The Morgan fingerprint density at radius 2 is 1.72 bits per heavy atom. The number of hydrogen-bond acceptors (Lipinski definition) is 4. The van der Waals surface area contributed by atoms with Crippen molar-refractivity contribution in [2.45, 2.75) is 38.6 Å². The maximum atomic E-state index is 12.6. The molecule has 25 heavy (non-hydrogen) atoms. The van der Waals surface area contributed by atoms with E-state index in [-0.39, 0.29) is 30.7 Å². The number of anilines is 1. The van der Waals surface area contributed by atoms with Crippen molar-refractivity contribution in [1.29, 1.82) is 0 Å². The Morgan fingerprint density at radius 3 is 2.24 bits per heavy atom. The predicted molar refractivity (Wildman–Crippen MR) is 107 cm³/mol. The average Bonchev–Trinajstić information content (AvgIpc) is 2.62. The highest BCUT2D eigenvalue weighted by molar-refractivity contribution is 5.94. The maximum absolute atomic E-state index is 12.6. The van der Waals surface area contributed by atoms with Crippen LogP contribution in [0, 0.1) is 5.92 Å². The van der Waals surface area contributed by atoms with Crippen molar-refractivity contribution < 1.29 is 4.79 Å². The normalized spacial score (nSPS) is 19.1. The Labute approximate surface area is 163 Å². The third kappa shape index (κ3) is 5.47. The number of nitrogens with one attached hydrogen (secondary N) is 1. The molecular formula is C18H30Cl2N4O. The van der Waals surface area contributed by atoms with E-state index in [1.807, 2.05) is 24.1 Å². The van der Waals surface area contributed by atoms with Crippen LogP contribution in [0.15, 0.2) is 18.3 Å². The van der Waals surface area contributed by atoms with Gasteiger partial charge in [-0.3, -0.25) is 4.79 Å². The van der Waals surface area contributed by atoms with E-state index in [4.69, 9.17) is 0 Å². The summed E-state index contributed by atoms with van der Waals surface area (Å²) in [4.78, 5) is 21.4. The highest BCUT2D eigenvalue weighted by Crippen LogP contribution is 2.22. The average molecular weight is 389 g/mol. The SMILES string of the molecule is CNC1CCN(C(=O)c2ccc(N3CCC(C)CC3)nc2)CC1.Cl.Cl. The standard InChI is InChI=1S/C18H28N4O.2ClH/c1-14-5-9-21(10-6-14)17-4-3-15(13-20-17)18(23)22-11-7-16(19-2)8-12-22;;/h3-4,13-14,16,19H,5-12H2,1-2H3;2*1H. The number of amides is 1. The second kappa shape index (κ2) is 10.2. The molecule has 0 aromatic carbocycles. The lowest BCUT2D eigenvalue weighted by Crippen LogP contribution is -2.44. The Morgan fingerprint density at radius 1 is 1.08 bits per heavy atom. The van der Waals surface area contributed by atoms with Crippen molar-refractivity contribution in [2.75, 3.05) is 38.1 Å². The molecule has 3 heterocycles. The minimum Gasteiger partial charge on any atom is -0.357 e. The molecule has 1 aromatic heterocycles. The number of carbonyl (C=O) groups is 1. The van der Waals surface area contributed by atoms with Gasteiger partial charge < -0.3 is 15.1 Å². The molecule has 0 bridgehead atoms. The topological polar surface area (TPSA) is 48.5 Å². The molecule has 0 spiro atoms. The molecule has 7 heteroatoms. The van der Waals surface area contributed by atoms with E-state index in [2.05, 4.69) is 22.1 Å². The summed E-state index contributed by atoms with van der Waals surface area (Å²) in [6.07, 6.45) is 6.25. The van der Waals surface area contributed by atoms with E-state index >= 15 is 0 Å². The second-order valence-corrected chi connectivity index (χ2v) is 6.93. The molecule has 1 N–H and O–H groups in total. The van der Waals surface area contributed by atoms with Crippen LogP contribution in [0.1, 0.15) is 43.0 Å². The van der Waals surface area contributed by atoms with Crippen molar-refractivity contribution in [3.05, 3.63) is 23.9 Å². The van der Waals surface area contributed by atoms with Crippen LogP contribution in [-0.2, 0) is 0 Å². The first kappa shape index (κ1) is 22.0. The molecule has 3 rings (SSSR count). The Balaban J connectivity index is 0.00000156. The summed E-state index contributed by atoms with van der Waals surface area (Å²) in [6, 6.07) is 4.48. The third-order valence-electron chi connectivity index (χ3n) is 5.29. The molecule has 0 atom stereocenters. The first-order valence-corrected chi connectivity index (χ1v) is 8.85. The van der Waals surface area contributed by atoms with E-state index in [0.29, 0.717) is 11.6 Å². The van der Waals surface area contributed by atoms with Crippen LogP contribution in [0.3, 0.4) is 0 Å². The second-order valence-electron chi connectivity index (χ2n) is 6.93. The van der Waals surface area contributed by atoms with Gasteiger partial charge in [-0.25, -0.2) is 4.98 Å². The Bertz CT molecular complexity index is 524. The zero-order valence-corrected chi connectivity index (χ0v) is 16.7. The van der Waals surface area contributed by atoms with Gasteiger partial charge in [-0.1, -0.05) is 6.92 Å². The smallest absolute Gasteiger partial charge is 0.255 e. The van der Waals surface area contributed by atoms with Crippen LogP contribution in [0.4, 0.5) is 5.82 Å². The van der Waals surface area contributed by atoms with Gasteiger partial charge in [-0.05, 0) is 50.8 Å². The lowest BCUT2D eigenvalue weighted by Gasteiger charge is -2.32. The van der Waals surface area contributed by atoms with Gasteiger partial charge in [-0.2, -0.15) is 0 Å². The van der Waals surface area contributed by atoms with Gasteiger partial charge >= 0.3 is 0 Å². The number of piperidine rings is 2. The lowest BCUT2D eigenvalue weighted by molar-refractivity contribution is 0.0707. The van der Waals surface area contributed by atoms with Crippen molar-refractivity contribution in [1.82, 2.24) is 15.2 Å². The minimum absolute atomic E-state index is 0. The first-order chi connectivity index (χ1) is 11.2. The molecule has 2 aliphatic rings. The van der Waals surface area contributed by atoms with E-state index in [9.17, 15) is 4.79 Å². The number of pyridine rings is 1. The molecule has 2 fully saturated rings. The molecule has 2 saturated heterocycles. The zero-order chi connectivity index (χ0) is 16.2. The van der Waals surface area contributed by atoms with E-state index < -0.39 is 0 Å². The molecule has 1 amide bonds. The van der Waals surface area contributed by atoms with Gasteiger partial charge in [-0.15, -0.1) is 24.8 Å². The van der Waals surface area contributed by atoms with Gasteiger partial charge in [0, 0.05) is 38.4 Å². The molecule has 0 aliphatic carbocycles. The Hall–Kier alpha value is -1.04. The van der Waals surface area contributed by atoms with Gasteiger partial charge in [0.15, 0.2) is 0 Å². The molecule has 2 aliphatic heterocycles. The molecule has 0 unspecified atom stereocenters. The van der Waals surface area contributed by atoms with Crippen molar-refractivity contribution in [3.63, 3.8) is 0 Å². The van der Waals surface area contributed by atoms with Crippen LogP contribution in [0.25, 0.3) is 0 Å². The highest BCUT2D eigenvalue weighted by atomic mass is 35.5. The molecular weight excluding hydrogens is 359 g/mol. The van der Waals surface area contributed by atoms with E-state index in [0.717, 1.165) is 50.8 Å². The monoisotopic (exact) mass is 388 g/mol. The third-order valence-corrected chi connectivity index (χ3v) is 5.29. The number of halogens is 2. The van der Waals surface area contributed by atoms with Gasteiger partial charge in [0.1, 0.15) is 5.82 Å². The Kier molecular flexibility index (Phi) is 8.97. The maximum Gasteiger partial charge on any atom is 0.255 e. The number of aromatic nitrogens is 1. The number of hydrogen-bond donors (Lipinski definition) is 1. The predicted octanol–water partition coefficient (Wildman–Crippen LogP) is 2.99. The van der Waals surface area contributed by atoms with Gasteiger partial charge in [0.2, 0.25) is 0 Å². The van der Waals surface area contributed by atoms with Crippen molar-refractivity contribution >= 4 is 36.5 Å². The first-order valence-electron chi connectivity index (χ1n) is 8.85. The molecule has 0 saturated carbocycles. The lowest BCUT2D eigenvalue weighted by atomic mass is 9.99. The fourth-order valence-corrected chi connectivity index (χ4v) is 3.49.